The molecule has 9 heteroatoms. The molecule has 0 fully saturated rings. The summed E-state index contributed by atoms with van der Waals surface area (Å²) in [7, 11) is 0. The number of aromatic nitrogens is 3. The van der Waals surface area contributed by atoms with E-state index in [0.29, 0.717) is 28.0 Å². The lowest BCUT2D eigenvalue weighted by Gasteiger charge is -2.09. The van der Waals surface area contributed by atoms with Crippen LogP contribution in [-0.4, -0.2) is 26.4 Å². The lowest BCUT2D eigenvalue weighted by molar-refractivity contribution is -0.113. The van der Waals surface area contributed by atoms with Gasteiger partial charge in [-0.05, 0) is 42.5 Å². The van der Waals surface area contributed by atoms with Crippen molar-refractivity contribution in [1.82, 2.24) is 14.8 Å². The van der Waals surface area contributed by atoms with Crippen LogP contribution in [0.4, 0.5) is 14.5 Å². The van der Waals surface area contributed by atoms with Gasteiger partial charge in [-0.3, -0.25) is 9.36 Å². The molecule has 30 heavy (non-hydrogen) atoms. The summed E-state index contributed by atoms with van der Waals surface area (Å²) < 4.78 is 34.7. The Labute approximate surface area is 174 Å². The molecule has 1 N–H and O–H groups in total. The largest absolute Gasteiger partial charge is 0.467 e. The van der Waals surface area contributed by atoms with Crippen LogP contribution in [0.5, 0.6) is 0 Å². The Bertz CT molecular complexity index is 1160. The van der Waals surface area contributed by atoms with Gasteiger partial charge >= 0.3 is 0 Å². The Morgan fingerprint density at radius 3 is 2.70 bits per heavy atom. The van der Waals surface area contributed by atoms with E-state index in [1.165, 1.54) is 24.3 Å². The van der Waals surface area contributed by atoms with Gasteiger partial charge in [-0.1, -0.05) is 30.0 Å². The zero-order valence-electron chi connectivity index (χ0n) is 15.6. The van der Waals surface area contributed by atoms with E-state index in [-0.39, 0.29) is 18.2 Å². The van der Waals surface area contributed by atoms with Gasteiger partial charge < -0.3 is 9.73 Å². The number of rotatable bonds is 7. The predicted octanol–water partition coefficient (Wildman–Crippen LogP) is 4.60. The first kappa shape index (κ1) is 19.8. The van der Waals surface area contributed by atoms with E-state index in [1.54, 1.807) is 47.2 Å². The minimum absolute atomic E-state index is 0.0179. The molecule has 0 unspecified atom stereocenters. The van der Waals surface area contributed by atoms with Crippen molar-refractivity contribution in [3.05, 3.63) is 84.3 Å². The van der Waals surface area contributed by atoms with E-state index in [0.717, 1.165) is 11.8 Å². The van der Waals surface area contributed by atoms with Gasteiger partial charge in [-0.25, -0.2) is 8.78 Å². The second-order valence-corrected chi connectivity index (χ2v) is 7.24. The minimum atomic E-state index is -0.437. The van der Waals surface area contributed by atoms with Crippen molar-refractivity contribution < 1.29 is 18.0 Å². The van der Waals surface area contributed by atoms with Crippen LogP contribution in [-0.2, 0) is 11.3 Å². The Kier molecular flexibility index (Phi) is 5.89. The fraction of sp³-hybridized carbons (Fsp3) is 0.0952. The molecule has 2 aromatic heterocycles. The molecule has 2 aromatic carbocycles. The number of nitrogens with zero attached hydrogens (tertiary/aromatic N) is 3. The topological polar surface area (TPSA) is 73.0 Å². The average molecular weight is 426 g/mol. The highest BCUT2D eigenvalue weighted by Crippen LogP contribution is 2.27. The van der Waals surface area contributed by atoms with Crippen molar-refractivity contribution in [2.24, 2.45) is 0 Å². The molecule has 0 atom stereocenters. The number of benzene rings is 2. The fourth-order valence-corrected chi connectivity index (χ4v) is 3.57. The summed E-state index contributed by atoms with van der Waals surface area (Å²) in [5.74, 6) is -0.204. The molecule has 0 aliphatic rings. The van der Waals surface area contributed by atoms with Crippen molar-refractivity contribution in [1.29, 1.82) is 0 Å². The van der Waals surface area contributed by atoms with E-state index in [9.17, 15) is 13.6 Å². The number of halogens is 2. The number of carbonyl (C=O) groups is 1. The van der Waals surface area contributed by atoms with Crippen molar-refractivity contribution in [3.63, 3.8) is 0 Å². The fourth-order valence-electron chi connectivity index (χ4n) is 2.83. The molecule has 0 aliphatic heterocycles. The number of thioether (sulfide) groups is 1. The van der Waals surface area contributed by atoms with Crippen LogP contribution < -0.4 is 5.32 Å². The summed E-state index contributed by atoms with van der Waals surface area (Å²) in [5, 5.41) is 11.3. The van der Waals surface area contributed by atoms with Gasteiger partial charge in [0.2, 0.25) is 5.91 Å². The number of carbonyl (C=O) groups excluding carboxylic acids is 1. The van der Waals surface area contributed by atoms with E-state index in [1.807, 2.05) is 0 Å². The minimum Gasteiger partial charge on any atom is -0.467 e. The molecule has 0 saturated heterocycles. The monoisotopic (exact) mass is 426 g/mol. The third-order valence-corrected chi connectivity index (χ3v) is 5.13. The van der Waals surface area contributed by atoms with Gasteiger partial charge in [0.1, 0.15) is 17.4 Å². The average Bonchev–Trinajstić information content (AvgIpc) is 3.37. The molecular formula is C21H16F2N4O2S. The molecule has 0 spiro atoms. The maximum atomic E-state index is 14.3. The molecule has 1 amide bonds. The van der Waals surface area contributed by atoms with Crippen LogP contribution in [0.2, 0.25) is 0 Å². The summed E-state index contributed by atoms with van der Waals surface area (Å²) in [6.07, 6.45) is 1.54. The van der Waals surface area contributed by atoms with Gasteiger partial charge in [0.25, 0.3) is 0 Å². The van der Waals surface area contributed by atoms with Gasteiger partial charge in [0, 0.05) is 5.69 Å². The van der Waals surface area contributed by atoms with Crippen molar-refractivity contribution in [2.45, 2.75) is 11.7 Å². The highest BCUT2D eigenvalue weighted by molar-refractivity contribution is 7.99. The number of furan rings is 1. The van der Waals surface area contributed by atoms with Crippen LogP contribution in [0.25, 0.3) is 11.4 Å². The lowest BCUT2D eigenvalue weighted by Crippen LogP contribution is -2.15. The normalized spacial score (nSPS) is 10.9. The predicted molar refractivity (Wildman–Crippen MR) is 109 cm³/mol. The zero-order valence-corrected chi connectivity index (χ0v) is 16.4. The Morgan fingerprint density at radius 1 is 1.07 bits per heavy atom. The van der Waals surface area contributed by atoms with Crippen LogP contribution in [0.15, 0.2) is 76.5 Å². The summed E-state index contributed by atoms with van der Waals surface area (Å²) in [6, 6.07) is 15.5. The number of nitrogens with one attached hydrogen (secondary N) is 1. The molecule has 0 aliphatic carbocycles. The molecule has 4 rings (SSSR count). The summed E-state index contributed by atoms with van der Waals surface area (Å²) >= 11 is 1.14. The van der Waals surface area contributed by atoms with Gasteiger partial charge in [0.05, 0.1) is 24.1 Å². The molecule has 152 valence electrons. The first-order valence-electron chi connectivity index (χ1n) is 8.99. The molecule has 0 saturated carbocycles. The standard InChI is InChI=1S/C21H16F2N4O2S/c22-14-5-3-6-15(11-14)24-19(28)13-30-21-26-25-20(17-8-1-2-9-18(17)23)27(21)12-16-7-4-10-29-16/h1-11H,12-13H2,(H,24,28). The molecule has 0 bridgehead atoms. The summed E-state index contributed by atoms with van der Waals surface area (Å²) in [4.78, 5) is 12.3. The SMILES string of the molecule is O=C(CSc1nnc(-c2ccccc2F)n1Cc1ccco1)Nc1cccc(F)c1. The van der Waals surface area contributed by atoms with E-state index in [4.69, 9.17) is 4.42 Å². The molecule has 0 radical (unpaired) electrons. The third kappa shape index (κ3) is 4.57. The molecular weight excluding hydrogens is 410 g/mol. The van der Waals surface area contributed by atoms with Crippen molar-refractivity contribution >= 4 is 23.4 Å². The number of hydrogen-bond acceptors (Lipinski definition) is 5. The van der Waals surface area contributed by atoms with Crippen molar-refractivity contribution in [2.75, 3.05) is 11.1 Å². The third-order valence-electron chi connectivity index (χ3n) is 4.17. The molecule has 4 aromatic rings. The summed E-state index contributed by atoms with van der Waals surface area (Å²) in [6.45, 7) is 0.275. The highest BCUT2D eigenvalue weighted by Gasteiger charge is 2.19. The Hall–Kier alpha value is -3.46. The second kappa shape index (κ2) is 8.91. The number of hydrogen-bond donors (Lipinski definition) is 1. The van der Waals surface area contributed by atoms with E-state index >= 15 is 0 Å². The quantitative estimate of drug-likeness (QED) is 0.438. The van der Waals surface area contributed by atoms with Gasteiger partial charge in [-0.2, -0.15) is 0 Å². The van der Waals surface area contributed by atoms with Gasteiger partial charge in [0.15, 0.2) is 11.0 Å². The summed E-state index contributed by atoms with van der Waals surface area (Å²) in [5.41, 5.74) is 0.664. The molecule has 2 heterocycles. The number of anilines is 1. The van der Waals surface area contributed by atoms with Crippen LogP contribution in [0, 0.1) is 11.6 Å². The maximum absolute atomic E-state index is 14.3. The zero-order chi connectivity index (χ0) is 20.9. The van der Waals surface area contributed by atoms with E-state index in [2.05, 4.69) is 15.5 Å². The lowest BCUT2D eigenvalue weighted by atomic mass is 10.2. The second-order valence-electron chi connectivity index (χ2n) is 6.30. The Morgan fingerprint density at radius 2 is 1.93 bits per heavy atom. The first-order chi connectivity index (χ1) is 14.6. The van der Waals surface area contributed by atoms with E-state index < -0.39 is 11.6 Å². The number of amides is 1. The van der Waals surface area contributed by atoms with Crippen LogP contribution >= 0.6 is 11.8 Å². The highest BCUT2D eigenvalue weighted by atomic mass is 32.2. The smallest absolute Gasteiger partial charge is 0.234 e. The maximum Gasteiger partial charge on any atom is 0.234 e. The van der Waals surface area contributed by atoms with Gasteiger partial charge in [-0.15, -0.1) is 10.2 Å². The van der Waals surface area contributed by atoms with Crippen molar-refractivity contribution in [3.8, 4) is 11.4 Å². The molecule has 6 nitrogen and oxygen atoms in total. The van der Waals surface area contributed by atoms with Crippen LogP contribution in [0.1, 0.15) is 5.76 Å². The van der Waals surface area contributed by atoms with Crippen LogP contribution in [0.3, 0.4) is 0 Å². The first-order valence-corrected chi connectivity index (χ1v) is 9.97. The Balaban J connectivity index is 1.55.